The highest BCUT2D eigenvalue weighted by Crippen LogP contribution is 2.24. The van der Waals surface area contributed by atoms with Gasteiger partial charge in [-0.1, -0.05) is 0 Å². The summed E-state index contributed by atoms with van der Waals surface area (Å²) in [6.45, 7) is 0. The van der Waals surface area contributed by atoms with E-state index in [1.807, 2.05) is 0 Å². The molecule has 0 amide bonds. The zero-order valence-corrected chi connectivity index (χ0v) is 7.54. The number of aldehydes is 2. The maximum atomic E-state index is 10.4. The van der Waals surface area contributed by atoms with E-state index in [2.05, 4.69) is 15.9 Å². The van der Waals surface area contributed by atoms with Gasteiger partial charge in [0.2, 0.25) is 0 Å². The lowest BCUT2D eigenvalue weighted by atomic mass is 10.1. The van der Waals surface area contributed by atoms with Crippen LogP contribution < -0.4 is 0 Å². The van der Waals surface area contributed by atoms with Crippen LogP contribution in [0.15, 0.2) is 16.6 Å². The average Bonchev–Trinajstić information content (AvgIpc) is 2.05. The fourth-order valence-electron chi connectivity index (χ4n) is 0.782. The minimum Gasteiger partial charge on any atom is -0.507 e. The van der Waals surface area contributed by atoms with Crippen molar-refractivity contribution in [2.75, 3.05) is 0 Å². The zero-order chi connectivity index (χ0) is 9.14. The van der Waals surface area contributed by atoms with Crippen molar-refractivity contribution in [1.82, 2.24) is 0 Å². The van der Waals surface area contributed by atoms with Gasteiger partial charge in [0.1, 0.15) is 5.75 Å². The number of phenols is 1. The molecule has 0 aliphatic rings. The molecule has 1 aromatic carbocycles. The van der Waals surface area contributed by atoms with E-state index in [1.165, 1.54) is 12.1 Å². The second-order valence-electron chi connectivity index (χ2n) is 2.17. The van der Waals surface area contributed by atoms with Crippen molar-refractivity contribution < 1.29 is 14.7 Å². The second kappa shape index (κ2) is 3.49. The zero-order valence-electron chi connectivity index (χ0n) is 5.95. The minimum absolute atomic E-state index is 0.111. The molecule has 62 valence electrons. The van der Waals surface area contributed by atoms with Crippen LogP contribution in [0.1, 0.15) is 20.7 Å². The Morgan fingerprint density at radius 2 is 1.75 bits per heavy atom. The van der Waals surface area contributed by atoms with E-state index in [-0.39, 0.29) is 11.3 Å². The maximum Gasteiger partial charge on any atom is 0.153 e. The molecular formula is C8H5BrO3. The quantitative estimate of drug-likeness (QED) is 0.786. The summed E-state index contributed by atoms with van der Waals surface area (Å²) < 4.78 is 0.473. The van der Waals surface area contributed by atoms with Gasteiger partial charge < -0.3 is 5.11 Å². The lowest BCUT2D eigenvalue weighted by molar-refractivity contribution is 0.112. The number of carbonyl (C=O) groups is 2. The Hall–Kier alpha value is -1.16. The molecule has 0 fully saturated rings. The summed E-state index contributed by atoms with van der Waals surface area (Å²) in [5.41, 5.74) is 0.454. The molecule has 0 saturated heterocycles. The third kappa shape index (κ3) is 1.53. The van der Waals surface area contributed by atoms with Crippen LogP contribution in [0, 0.1) is 0 Å². The third-order valence-electron chi connectivity index (χ3n) is 1.40. The first-order valence-electron chi connectivity index (χ1n) is 3.12. The molecule has 0 bridgehead atoms. The van der Waals surface area contributed by atoms with Gasteiger partial charge in [0, 0.05) is 10.0 Å². The molecule has 0 unspecified atom stereocenters. The van der Waals surface area contributed by atoms with Crippen molar-refractivity contribution in [3.05, 3.63) is 27.7 Å². The Morgan fingerprint density at radius 1 is 1.17 bits per heavy atom. The van der Waals surface area contributed by atoms with Gasteiger partial charge in [-0.25, -0.2) is 0 Å². The van der Waals surface area contributed by atoms with E-state index in [4.69, 9.17) is 5.11 Å². The van der Waals surface area contributed by atoms with Crippen LogP contribution in [0.3, 0.4) is 0 Å². The molecule has 4 heteroatoms. The van der Waals surface area contributed by atoms with Gasteiger partial charge in [-0.2, -0.15) is 0 Å². The number of halogens is 1. The van der Waals surface area contributed by atoms with Gasteiger partial charge in [-0.3, -0.25) is 9.59 Å². The summed E-state index contributed by atoms with van der Waals surface area (Å²) in [7, 11) is 0. The molecule has 3 nitrogen and oxygen atoms in total. The Balaban J connectivity index is 3.36. The van der Waals surface area contributed by atoms with Gasteiger partial charge in [0.15, 0.2) is 12.6 Å². The highest BCUT2D eigenvalue weighted by atomic mass is 79.9. The standard InChI is InChI=1S/C8H5BrO3/c9-7-2-8(12)6(4-11)1-5(7)3-10/h1-4,12H. The summed E-state index contributed by atoms with van der Waals surface area (Å²) in [5, 5.41) is 9.13. The van der Waals surface area contributed by atoms with Crippen molar-refractivity contribution >= 4 is 28.5 Å². The van der Waals surface area contributed by atoms with E-state index in [0.717, 1.165) is 0 Å². The van der Waals surface area contributed by atoms with Crippen molar-refractivity contribution in [3.8, 4) is 5.75 Å². The summed E-state index contributed by atoms with van der Waals surface area (Å²) in [5.74, 6) is -0.137. The summed E-state index contributed by atoms with van der Waals surface area (Å²) >= 11 is 3.06. The van der Waals surface area contributed by atoms with Crippen LogP contribution in [-0.2, 0) is 0 Å². The maximum absolute atomic E-state index is 10.4. The van der Waals surface area contributed by atoms with E-state index in [0.29, 0.717) is 22.6 Å². The van der Waals surface area contributed by atoms with Crippen LogP contribution >= 0.6 is 15.9 Å². The lowest BCUT2D eigenvalue weighted by Crippen LogP contribution is -1.87. The monoisotopic (exact) mass is 228 g/mol. The normalized spacial score (nSPS) is 9.42. The Morgan fingerprint density at radius 3 is 2.25 bits per heavy atom. The Bertz CT molecular complexity index is 304. The number of hydrogen-bond donors (Lipinski definition) is 1. The van der Waals surface area contributed by atoms with Crippen molar-refractivity contribution in [2.24, 2.45) is 0 Å². The molecule has 12 heavy (non-hydrogen) atoms. The Labute approximate surface area is 77.1 Å². The first kappa shape index (κ1) is 8.93. The molecule has 0 aliphatic heterocycles. The molecule has 0 atom stereocenters. The average molecular weight is 229 g/mol. The van der Waals surface area contributed by atoms with Crippen LogP contribution in [-0.4, -0.2) is 17.7 Å². The van der Waals surface area contributed by atoms with Gasteiger partial charge in [0.05, 0.1) is 5.56 Å². The SMILES string of the molecule is O=Cc1cc(C=O)c(Br)cc1O. The van der Waals surface area contributed by atoms with Crippen LogP contribution in [0.2, 0.25) is 0 Å². The predicted molar refractivity (Wildman–Crippen MR) is 46.6 cm³/mol. The molecule has 1 aromatic rings. The predicted octanol–water partition coefficient (Wildman–Crippen LogP) is 1.78. The molecular weight excluding hydrogens is 224 g/mol. The molecule has 1 rings (SSSR count). The molecule has 0 aliphatic carbocycles. The molecule has 0 spiro atoms. The Kier molecular flexibility index (Phi) is 2.60. The van der Waals surface area contributed by atoms with Gasteiger partial charge in [-0.05, 0) is 28.1 Å². The second-order valence-corrected chi connectivity index (χ2v) is 3.02. The smallest absolute Gasteiger partial charge is 0.153 e. The molecule has 0 heterocycles. The molecule has 1 N–H and O–H groups in total. The van der Waals surface area contributed by atoms with E-state index >= 15 is 0 Å². The number of phenolic OH excluding ortho intramolecular Hbond substituents is 1. The molecule has 0 radical (unpaired) electrons. The van der Waals surface area contributed by atoms with Gasteiger partial charge in [0.25, 0.3) is 0 Å². The van der Waals surface area contributed by atoms with E-state index < -0.39 is 0 Å². The number of carbonyl (C=O) groups excluding carboxylic acids is 2. The number of aromatic hydroxyl groups is 1. The largest absolute Gasteiger partial charge is 0.507 e. The highest BCUT2D eigenvalue weighted by molar-refractivity contribution is 9.10. The van der Waals surface area contributed by atoms with Crippen molar-refractivity contribution in [3.63, 3.8) is 0 Å². The molecule has 0 saturated carbocycles. The topological polar surface area (TPSA) is 54.4 Å². The van der Waals surface area contributed by atoms with Crippen LogP contribution in [0.5, 0.6) is 5.75 Å². The van der Waals surface area contributed by atoms with Crippen molar-refractivity contribution in [1.29, 1.82) is 0 Å². The van der Waals surface area contributed by atoms with E-state index in [1.54, 1.807) is 0 Å². The summed E-state index contributed by atoms with van der Waals surface area (Å²) in [6.07, 6.45) is 1.10. The number of benzene rings is 1. The van der Waals surface area contributed by atoms with Gasteiger partial charge in [-0.15, -0.1) is 0 Å². The highest BCUT2D eigenvalue weighted by Gasteiger charge is 2.05. The molecule has 0 aromatic heterocycles. The minimum atomic E-state index is -0.137. The fourth-order valence-corrected chi connectivity index (χ4v) is 1.21. The van der Waals surface area contributed by atoms with Crippen LogP contribution in [0.25, 0.3) is 0 Å². The number of hydrogen-bond acceptors (Lipinski definition) is 3. The summed E-state index contributed by atoms with van der Waals surface area (Å²) in [6, 6.07) is 2.63. The van der Waals surface area contributed by atoms with Gasteiger partial charge >= 0.3 is 0 Å². The van der Waals surface area contributed by atoms with E-state index in [9.17, 15) is 9.59 Å². The fraction of sp³-hybridized carbons (Fsp3) is 0. The third-order valence-corrected chi connectivity index (χ3v) is 2.09. The first-order valence-corrected chi connectivity index (χ1v) is 3.91. The lowest BCUT2D eigenvalue weighted by Gasteiger charge is -2.00. The van der Waals surface area contributed by atoms with Crippen molar-refractivity contribution in [2.45, 2.75) is 0 Å². The summed E-state index contributed by atoms with van der Waals surface area (Å²) in [4.78, 5) is 20.7. The first-order chi connectivity index (χ1) is 5.69. The number of rotatable bonds is 2. The van der Waals surface area contributed by atoms with Crippen LogP contribution in [0.4, 0.5) is 0 Å².